The first-order valence-electron chi connectivity index (χ1n) is 14.3. The number of halogens is 1. The van der Waals surface area contributed by atoms with Crippen LogP contribution in [0.15, 0.2) is 18.2 Å². The highest BCUT2D eigenvalue weighted by Crippen LogP contribution is 2.53. The van der Waals surface area contributed by atoms with Crippen molar-refractivity contribution in [1.82, 2.24) is 9.96 Å². The third-order valence-corrected chi connectivity index (χ3v) is 9.53. The van der Waals surface area contributed by atoms with Crippen LogP contribution in [0.25, 0.3) is 0 Å². The number of carbonyl (C=O) groups excluding carboxylic acids is 1. The van der Waals surface area contributed by atoms with Gasteiger partial charge in [-0.15, -0.1) is 12.4 Å². The van der Waals surface area contributed by atoms with E-state index in [1.807, 2.05) is 6.92 Å². The number of ketones is 1. The molecular weight excluding hydrogens is 472 g/mol. The van der Waals surface area contributed by atoms with Crippen LogP contribution in [0.4, 0.5) is 11.4 Å². The highest BCUT2D eigenvalue weighted by atomic mass is 35.5. The van der Waals surface area contributed by atoms with Gasteiger partial charge in [-0.3, -0.25) is 9.69 Å². The maximum Gasteiger partial charge on any atom is 0.146 e. The molecule has 0 radical (unpaired) electrons. The average molecular weight is 519 g/mol. The molecule has 2 saturated carbocycles. The van der Waals surface area contributed by atoms with Gasteiger partial charge in [-0.25, -0.2) is 0 Å². The second-order valence-electron chi connectivity index (χ2n) is 11.5. The van der Waals surface area contributed by atoms with Crippen molar-refractivity contribution < 1.29 is 9.63 Å². The molecule has 2 aliphatic carbocycles. The molecule has 2 saturated heterocycles. The predicted molar refractivity (Wildman–Crippen MR) is 151 cm³/mol. The molecular formula is C29H47ClN4O2. The van der Waals surface area contributed by atoms with Crippen LogP contribution in [0.5, 0.6) is 0 Å². The Labute approximate surface area is 224 Å². The first-order valence-corrected chi connectivity index (χ1v) is 14.3. The van der Waals surface area contributed by atoms with Crippen LogP contribution < -0.4 is 9.80 Å². The number of Topliss-reactive ketones (excluding diaryl/α,β-unsaturated/α-hetero) is 1. The summed E-state index contributed by atoms with van der Waals surface area (Å²) in [4.78, 5) is 24.9. The predicted octanol–water partition coefficient (Wildman–Crippen LogP) is 5.11. The molecule has 1 spiro atoms. The Balaban J connectivity index is 0.00000304. The van der Waals surface area contributed by atoms with Gasteiger partial charge in [-0.05, 0) is 73.6 Å². The maximum atomic E-state index is 12.0. The molecule has 0 N–H and O–H groups in total. The van der Waals surface area contributed by atoms with Crippen LogP contribution in [0.1, 0.15) is 76.2 Å². The fraction of sp³-hybridized carbons (Fsp3) is 0.759. The highest BCUT2D eigenvalue weighted by Gasteiger charge is 2.38. The fourth-order valence-electron chi connectivity index (χ4n) is 7.16. The van der Waals surface area contributed by atoms with E-state index in [2.05, 4.69) is 38.0 Å². The zero-order valence-electron chi connectivity index (χ0n) is 22.6. The Hall–Kier alpha value is -1.34. The summed E-state index contributed by atoms with van der Waals surface area (Å²) in [7, 11) is 1.78. The van der Waals surface area contributed by atoms with Crippen LogP contribution in [0.2, 0.25) is 0 Å². The van der Waals surface area contributed by atoms with E-state index in [9.17, 15) is 4.79 Å². The van der Waals surface area contributed by atoms with Crippen LogP contribution >= 0.6 is 12.4 Å². The Kier molecular flexibility index (Phi) is 9.59. The van der Waals surface area contributed by atoms with Crippen molar-refractivity contribution in [2.24, 2.45) is 5.41 Å². The molecule has 1 aromatic carbocycles. The van der Waals surface area contributed by atoms with Gasteiger partial charge < -0.3 is 14.6 Å². The highest BCUT2D eigenvalue weighted by molar-refractivity contribution is 5.85. The van der Waals surface area contributed by atoms with Gasteiger partial charge in [-0.2, -0.15) is 5.06 Å². The van der Waals surface area contributed by atoms with E-state index in [1.54, 1.807) is 12.7 Å². The Morgan fingerprint density at radius 1 is 0.917 bits per heavy atom. The monoisotopic (exact) mass is 518 g/mol. The van der Waals surface area contributed by atoms with Crippen LogP contribution in [0.3, 0.4) is 0 Å². The largest absolute Gasteiger partial charge is 0.369 e. The molecule has 0 atom stereocenters. The van der Waals surface area contributed by atoms with Crippen molar-refractivity contribution in [3.63, 3.8) is 0 Å². The number of benzene rings is 1. The summed E-state index contributed by atoms with van der Waals surface area (Å²) in [6, 6.07) is 7.32. The molecule has 36 heavy (non-hydrogen) atoms. The molecule has 6 nitrogen and oxygen atoms in total. The molecule has 202 valence electrons. The lowest BCUT2D eigenvalue weighted by Crippen LogP contribution is -2.48. The minimum atomic E-state index is 0. The third kappa shape index (κ3) is 6.20. The van der Waals surface area contributed by atoms with Gasteiger partial charge in [0.05, 0.1) is 13.7 Å². The smallest absolute Gasteiger partial charge is 0.146 e. The van der Waals surface area contributed by atoms with Gasteiger partial charge in [0.15, 0.2) is 0 Å². The van der Waals surface area contributed by atoms with E-state index in [0.717, 1.165) is 52.4 Å². The Morgan fingerprint density at radius 2 is 1.56 bits per heavy atom. The number of anilines is 2. The zero-order chi connectivity index (χ0) is 24.3. The van der Waals surface area contributed by atoms with Crippen molar-refractivity contribution >= 4 is 29.6 Å². The number of rotatable bonds is 7. The first kappa shape index (κ1) is 27.7. The summed E-state index contributed by atoms with van der Waals surface area (Å²) < 4.78 is 0. The Morgan fingerprint density at radius 3 is 2.17 bits per heavy atom. The van der Waals surface area contributed by atoms with Gasteiger partial charge in [0.25, 0.3) is 0 Å². The van der Waals surface area contributed by atoms with Gasteiger partial charge in [0.1, 0.15) is 5.78 Å². The molecule has 0 amide bonds. The average Bonchev–Trinajstić information content (AvgIpc) is 3.37. The number of piperazine rings is 2. The van der Waals surface area contributed by atoms with Crippen molar-refractivity contribution in [2.75, 3.05) is 75.8 Å². The van der Waals surface area contributed by atoms with Crippen molar-refractivity contribution in [2.45, 2.75) is 70.6 Å². The Bertz CT molecular complexity index is 849. The summed E-state index contributed by atoms with van der Waals surface area (Å²) in [5.41, 5.74) is 5.09. The third-order valence-electron chi connectivity index (χ3n) is 9.53. The van der Waals surface area contributed by atoms with Crippen LogP contribution in [-0.4, -0.2) is 81.8 Å². The van der Waals surface area contributed by atoms with Gasteiger partial charge >= 0.3 is 0 Å². The molecule has 0 bridgehead atoms. The SMILES string of the molecule is CCC(=O)CN1CCN(c2ccc(N3CCN(OC)CC3)cc2C2CCC3(CCCC3)CC2)CC1.Cl. The minimum absolute atomic E-state index is 0. The van der Waals surface area contributed by atoms with Crippen LogP contribution in [0, 0.1) is 5.41 Å². The second-order valence-corrected chi connectivity index (χ2v) is 11.5. The lowest BCUT2D eigenvalue weighted by molar-refractivity contribution is -0.133. The zero-order valence-corrected chi connectivity index (χ0v) is 23.4. The first-order chi connectivity index (χ1) is 17.1. The number of hydrogen-bond acceptors (Lipinski definition) is 6. The molecule has 7 heteroatoms. The molecule has 0 aromatic heterocycles. The van der Waals surface area contributed by atoms with Crippen molar-refractivity contribution in [1.29, 1.82) is 0 Å². The van der Waals surface area contributed by atoms with Gasteiger partial charge in [0, 0.05) is 70.2 Å². The van der Waals surface area contributed by atoms with E-state index in [0.29, 0.717) is 30.1 Å². The molecule has 4 fully saturated rings. The lowest BCUT2D eigenvalue weighted by atomic mass is 9.68. The van der Waals surface area contributed by atoms with Crippen molar-refractivity contribution in [3.05, 3.63) is 23.8 Å². The van der Waals surface area contributed by atoms with Gasteiger partial charge in [-0.1, -0.05) is 19.8 Å². The van der Waals surface area contributed by atoms with E-state index in [-0.39, 0.29) is 12.4 Å². The van der Waals surface area contributed by atoms with Gasteiger partial charge in [0.2, 0.25) is 0 Å². The standard InChI is InChI=1S/C29H46N4O2.ClH/c1-3-26(34)23-30-14-16-32(17-15-30)28-7-6-25(31-18-20-33(35-2)21-19-31)22-27(28)24-8-12-29(13-9-24)10-4-5-11-29;/h6-7,22,24H,3-5,8-21,23H2,1-2H3;1H. The minimum Gasteiger partial charge on any atom is -0.369 e. The summed E-state index contributed by atoms with van der Waals surface area (Å²) in [6.45, 7) is 10.6. The molecule has 5 rings (SSSR count). The number of nitrogens with zero attached hydrogens (tertiary/aromatic N) is 4. The fourth-order valence-corrected chi connectivity index (χ4v) is 7.16. The lowest BCUT2D eigenvalue weighted by Gasteiger charge is -2.41. The molecule has 2 heterocycles. The summed E-state index contributed by atoms with van der Waals surface area (Å²) in [6.07, 6.45) is 12.0. The summed E-state index contributed by atoms with van der Waals surface area (Å²) in [5, 5.41) is 2.07. The number of carbonyl (C=O) groups is 1. The van der Waals surface area contributed by atoms with E-state index in [4.69, 9.17) is 4.84 Å². The van der Waals surface area contributed by atoms with Crippen LogP contribution in [-0.2, 0) is 9.63 Å². The normalized spacial score (nSPS) is 23.7. The molecule has 2 aliphatic heterocycles. The number of hydroxylamine groups is 2. The van der Waals surface area contributed by atoms with E-state index >= 15 is 0 Å². The second kappa shape index (κ2) is 12.5. The molecule has 0 unspecified atom stereocenters. The summed E-state index contributed by atoms with van der Waals surface area (Å²) >= 11 is 0. The maximum absolute atomic E-state index is 12.0. The quantitative estimate of drug-likeness (QED) is 0.499. The van der Waals surface area contributed by atoms with Crippen molar-refractivity contribution in [3.8, 4) is 0 Å². The van der Waals surface area contributed by atoms with E-state index in [1.165, 1.54) is 62.7 Å². The molecule has 1 aromatic rings. The molecule has 4 aliphatic rings. The number of hydrogen-bond donors (Lipinski definition) is 0. The summed E-state index contributed by atoms with van der Waals surface area (Å²) in [5.74, 6) is 1.04. The topological polar surface area (TPSA) is 39.3 Å². The van der Waals surface area contributed by atoms with E-state index < -0.39 is 0 Å².